The lowest BCUT2D eigenvalue weighted by molar-refractivity contribution is 0.369. The Hall–Kier alpha value is -2.13. The van der Waals surface area contributed by atoms with Crippen molar-refractivity contribution in [3.63, 3.8) is 0 Å². The Bertz CT molecular complexity index is 778. The molecule has 2 aromatic rings. The standard InChI is InChI=1S/C19H22N2O2S/c1-21(16-18-10-4-2-5-11-18)15-9-8-14-20-24(22,23)17-19-12-6-3-7-13-19/h2-7,10-13,20H,14-17H2,1H3. The van der Waals surface area contributed by atoms with Gasteiger partial charge in [0.1, 0.15) is 0 Å². The first-order valence-corrected chi connectivity index (χ1v) is 9.40. The zero-order valence-electron chi connectivity index (χ0n) is 13.8. The van der Waals surface area contributed by atoms with E-state index in [1.807, 2.05) is 43.4 Å². The maximum absolute atomic E-state index is 11.9. The number of hydrogen-bond donors (Lipinski definition) is 1. The summed E-state index contributed by atoms with van der Waals surface area (Å²) in [4.78, 5) is 2.08. The van der Waals surface area contributed by atoms with E-state index in [-0.39, 0.29) is 12.3 Å². The monoisotopic (exact) mass is 342 g/mol. The third-order valence-electron chi connectivity index (χ3n) is 3.35. The molecule has 0 saturated heterocycles. The van der Waals surface area contributed by atoms with E-state index in [1.54, 1.807) is 12.1 Å². The van der Waals surface area contributed by atoms with Crippen LogP contribution in [0.2, 0.25) is 0 Å². The van der Waals surface area contributed by atoms with Gasteiger partial charge in [0.05, 0.1) is 18.8 Å². The van der Waals surface area contributed by atoms with Crippen molar-refractivity contribution in [1.82, 2.24) is 9.62 Å². The number of benzene rings is 2. The first kappa shape index (κ1) is 18.2. The van der Waals surface area contributed by atoms with Gasteiger partial charge in [-0.3, -0.25) is 4.90 Å². The molecule has 0 aromatic heterocycles. The second kappa shape index (κ2) is 9.24. The minimum atomic E-state index is -3.35. The van der Waals surface area contributed by atoms with Crippen LogP contribution in [0.1, 0.15) is 11.1 Å². The second-order valence-corrected chi connectivity index (χ2v) is 7.38. The van der Waals surface area contributed by atoms with Gasteiger partial charge in [0.25, 0.3) is 0 Å². The van der Waals surface area contributed by atoms with Crippen molar-refractivity contribution in [3.8, 4) is 11.8 Å². The van der Waals surface area contributed by atoms with Crippen molar-refractivity contribution in [2.45, 2.75) is 12.3 Å². The summed E-state index contributed by atoms with van der Waals surface area (Å²) in [5, 5.41) is 0. The quantitative estimate of drug-likeness (QED) is 0.785. The van der Waals surface area contributed by atoms with Crippen LogP contribution in [0.15, 0.2) is 60.7 Å². The average Bonchev–Trinajstić information content (AvgIpc) is 2.56. The molecule has 0 atom stereocenters. The smallest absolute Gasteiger partial charge is 0.216 e. The molecular formula is C19H22N2O2S. The van der Waals surface area contributed by atoms with Gasteiger partial charge in [0, 0.05) is 6.54 Å². The lowest BCUT2D eigenvalue weighted by atomic mass is 10.2. The fourth-order valence-electron chi connectivity index (χ4n) is 2.20. The summed E-state index contributed by atoms with van der Waals surface area (Å²) >= 11 is 0. The molecule has 2 aromatic carbocycles. The molecule has 1 N–H and O–H groups in total. The molecule has 24 heavy (non-hydrogen) atoms. The van der Waals surface area contributed by atoms with E-state index < -0.39 is 10.0 Å². The highest BCUT2D eigenvalue weighted by molar-refractivity contribution is 7.88. The number of nitrogens with zero attached hydrogens (tertiary/aromatic N) is 1. The van der Waals surface area contributed by atoms with Gasteiger partial charge < -0.3 is 0 Å². The zero-order valence-corrected chi connectivity index (χ0v) is 14.6. The summed E-state index contributed by atoms with van der Waals surface area (Å²) in [6.07, 6.45) is 0. The van der Waals surface area contributed by atoms with E-state index >= 15 is 0 Å². The molecule has 0 aliphatic rings. The van der Waals surface area contributed by atoms with E-state index in [1.165, 1.54) is 5.56 Å². The molecule has 0 saturated carbocycles. The molecule has 0 bridgehead atoms. The number of rotatable bonds is 7. The molecule has 126 valence electrons. The third kappa shape index (κ3) is 6.97. The van der Waals surface area contributed by atoms with E-state index in [9.17, 15) is 8.42 Å². The molecule has 0 spiro atoms. The lowest BCUT2D eigenvalue weighted by Gasteiger charge is -2.12. The molecule has 0 aliphatic carbocycles. The van der Waals surface area contributed by atoms with E-state index in [4.69, 9.17) is 0 Å². The number of nitrogens with one attached hydrogen (secondary N) is 1. The van der Waals surface area contributed by atoms with Crippen molar-refractivity contribution in [1.29, 1.82) is 0 Å². The first-order chi connectivity index (χ1) is 11.6. The topological polar surface area (TPSA) is 49.4 Å². The van der Waals surface area contributed by atoms with Gasteiger partial charge in [-0.05, 0) is 18.2 Å². The number of sulfonamides is 1. The van der Waals surface area contributed by atoms with Crippen LogP contribution in [0.25, 0.3) is 0 Å². The van der Waals surface area contributed by atoms with E-state index in [0.717, 1.165) is 12.1 Å². The van der Waals surface area contributed by atoms with Crippen molar-refractivity contribution >= 4 is 10.0 Å². The highest BCUT2D eigenvalue weighted by Crippen LogP contribution is 2.03. The fraction of sp³-hybridized carbons (Fsp3) is 0.263. The Kier molecular flexibility index (Phi) is 7.01. The van der Waals surface area contributed by atoms with Crippen LogP contribution in [0, 0.1) is 11.8 Å². The average molecular weight is 342 g/mol. The maximum atomic E-state index is 11.9. The SMILES string of the molecule is CN(CC#CCNS(=O)(=O)Cc1ccccc1)Cc1ccccc1. The molecule has 0 aliphatic heterocycles. The minimum Gasteiger partial charge on any atom is -0.291 e. The van der Waals surface area contributed by atoms with Crippen LogP contribution in [0.3, 0.4) is 0 Å². The predicted molar refractivity (Wildman–Crippen MR) is 97.6 cm³/mol. The van der Waals surface area contributed by atoms with Gasteiger partial charge in [0.15, 0.2) is 0 Å². The summed E-state index contributed by atoms with van der Waals surface area (Å²) in [5.41, 5.74) is 1.99. The van der Waals surface area contributed by atoms with Crippen LogP contribution >= 0.6 is 0 Å². The van der Waals surface area contributed by atoms with Crippen molar-refractivity contribution in [2.75, 3.05) is 20.1 Å². The molecule has 5 heteroatoms. The van der Waals surface area contributed by atoms with Gasteiger partial charge in [-0.15, -0.1) is 0 Å². The lowest BCUT2D eigenvalue weighted by Crippen LogP contribution is -2.25. The summed E-state index contributed by atoms with van der Waals surface area (Å²) in [7, 11) is -1.36. The largest absolute Gasteiger partial charge is 0.291 e. The second-order valence-electron chi connectivity index (χ2n) is 5.58. The van der Waals surface area contributed by atoms with Crippen molar-refractivity contribution in [3.05, 3.63) is 71.8 Å². The molecule has 0 amide bonds. The van der Waals surface area contributed by atoms with Gasteiger partial charge in [-0.25, -0.2) is 13.1 Å². The zero-order chi connectivity index (χ0) is 17.3. The Morgan fingerprint density at radius 1 is 0.917 bits per heavy atom. The van der Waals surface area contributed by atoms with Crippen molar-refractivity contribution in [2.24, 2.45) is 0 Å². The summed E-state index contributed by atoms with van der Waals surface area (Å²) in [5.74, 6) is 5.83. The van der Waals surface area contributed by atoms with Crippen LogP contribution in [-0.2, 0) is 22.3 Å². The Balaban J connectivity index is 1.73. The maximum Gasteiger partial charge on any atom is 0.216 e. The van der Waals surface area contributed by atoms with Crippen LogP contribution in [-0.4, -0.2) is 33.5 Å². The summed E-state index contributed by atoms with van der Waals surface area (Å²) in [6.45, 7) is 1.54. The molecule has 0 heterocycles. The van der Waals surface area contributed by atoms with Crippen molar-refractivity contribution < 1.29 is 8.42 Å². The van der Waals surface area contributed by atoms with Gasteiger partial charge in [-0.2, -0.15) is 0 Å². The van der Waals surface area contributed by atoms with Gasteiger partial charge in [0.2, 0.25) is 10.0 Å². The van der Waals surface area contributed by atoms with Crippen LogP contribution in [0.4, 0.5) is 0 Å². The first-order valence-electron chi connectivity index (χ1n) is 7.74. The summed E-state index contributed by atoms with van der Waals surface area (Å²) < 4.78 is 26.4. The molecule has 0 radical (unpaired) electrons. The molecule has 0 unspecified atom stereocenters. The molecule has 4 nitrogen and oxygen atoms in total. The fourth-order valence-corrected chi connectivity index (χ4v) is 3.22. The Morgan fingerprint density at radius 2 is 1.50 bits per heavy atom. The predicted octanol–water partition coefficient (Wildman–Crippen LogP) is 2.24. The number of hydrogen-bond acceptors (Lipinski definition) is 3. The third-order valence-corrected chi connectivity index (χ3v) is 4.65. The molecule has 0 fully saturated rings. The van der Waals surface area contributed by atoms with E-state index in [2.05, 4.69) is 33.6 Å². The van der Waals surface area contributed by atoms with Crippen LogP contribution < -0.4 is 4.72 Å². The van der Waals surface area contributed by atoms with E-state index in [0.29, 0.717) is 6.54 Å². The molecule has 2 rings (SSSR count). The highest BCUT2D eigenvalue weighted by Gasteiger charge is 2.09. The highest BCUT2D eigenvalue weighted by atomic mass is 32.2. The van der Waals surface area contributed by atoms with Gasteiger partial charge in [-0.1, -0.05) is 72.5 Å². The normalized spacial score (nSPS) is 11.1. The minimum absolute atomic E-state index is 0.0244. The molecular weight excluding hydrogens is 320 g/mol. The Labute approximate surface area is 144 Å². The van der Waals surface area contributed by atoms with Crippen LogP contribution in [0.5, 0.6) is 0 Å². The van der Waals surface area contributed by atoms with Gasteiger partial charge >= 0.3 is 0 Å². The summed E-state index contributed by atoms with van der Waals surface area (Å²) in [6, 6.07) is 19.3. The Morgan fingerprint density at radius 3 is 2.12 bits per heavy atom.